The molecular formula is C21H19N5O5S. The van der Waals surface area contributed by atoms with Gasteiger partial charge in [0.2, 0.25) is 11.8 Å². The first kappa shape index (κ1) is 22.8. The van der Waals surface area contributed by atoms with Crippen molar-refractivity contribution in [3.63, 3.8) is 0 Å². The van der Waals surface area contributed by atoms with Gasteiger partial charge in [0, 0.05) is 35.4 Å². The Bertz CT molecular complexity index is 1160. The first-order chi connectivity index (χ1) is 15.2. The number of thioether (sulfide) groups is 1. The van der Waals surface area contributed by atoms with Gasteiger partial charge in [-0.2, -0.15) is 5.10 Å². The van der Waals surface area contributed by atoms with Gasteiger partial charge >= 0.3 is 0 Å². The predicted molar refractivity (Wildman–Crippen MR) is 122 cm³/mol. The van der Waals surface area contributed by atoms with Crippen LogP contribution in [0.5, 0.6) is 0 Å². The van der Waals surface area contributed by atoms with Gasteiger partial charge < -0.3 is 10.6 Å². The first-order valence-corrected chi connectivity index (χ1v) is 10.4. The Morgan fingerprint density at radius 2 is 1.88 bits per heavy atom. The number of nitro groups is 1. The van der Waals surface area contributed by atoms with Crippen LogP contribution in [0.2, 0.25) is 0 Å². The lowest BCUT2D eigenvalue weighted by Gasteiger charge is -2.08. The molecule has 2 aromatic rings. The molecule has 32 heavy (non-hydrogen) atoms. The van der Waals surface area contributed by atoms with Gasteiger partial charge in [-0.15, -0.1) is 5.10 Å². The molecule has 0 aliphatic carbocycles. The molecule has 3 rings (SSSR count). The molecule has 1 heterocycles. The van der Waals surface area contributed by atoms with Crippen LogP contribution in [0.3, 0.4) is 0 Å². The summed E-state index contributed by atoms with van der Waals surface area (Å²) in [6, 6.07) is 12.5. The second-order valence-electron chi connectivity index (χ2n) is 6.88. The van der Waals surface area contributed by atoms with E-state index in [1.807, 2.05) is 0 Å². The molecule has 0 aromatic heterocycles. The van der Waals surface area contributed by atoms with Crippen molar-refractivity contribution in [2.24, 2.45) is 10.2 Å². The van der Waals surface area contributed by atoms with E-state index in [1.165, 1.54) is 19.1 Å². The molecule has 0 radical (unpaired) electrons. The summed E-state index contributed by atoms with van der Waals surface area (Å²) in [7, 11) is 0. The van der Waals surface area contributed by atoms with Gasteiger partial charge in [-0.3, -0.25) is 24.5 Å². The van der Waals surface area contributed by atoms with E-state index < -0.39 is 10.2 Å². The van der Waals surface area contributed by atoms with Crippen LogP contribution < -0.4 is 10.6 Å². The molecule has 11 heteroatoms. The summed E-state index contributed by atoms with van der Waals surface area (Å²) < 4.78 is 0. The zero-order valence-corrected chi connectivity index (χ0v) is 18.0. The van der Waals surface area contributed by atoms with Crippen LogP contribution in [0.1, 0.15) is 36.2 Å². The fraction of sp³-hybridized carbons (Fsp3) is 0.190. The normalized spacial score (nSPS) is 17.2. The average molecular weight is 453 g/mol. The van der Waals surface area contributed by atoms with Gasteiger partial charge in [-0.25, -0.2) is 0 Å². The lowest BCUT2D eigenvalue weighted by Crippen LogP contribution is -2.28. The monoisotopic (exact) mass is 453 g/mol. The number of hydrogen-bond donors (Lipinski definition) is 2. The molecule has 0 bridgehead atoms. The number of nitrogens with one attached hydrogen (secondary N) is 2. The number of anilines is 1. The maximum absolute atomic E-state index is 12.3. The summed E-state index contributed by atoms with van der Waals surface area (Å²) >= 11 is 1.07. The molecule has 1 atom stereocenters. The summed E-state index contributed by atoms with van der Waals surface area (Å²) in [5.41, 5.74) is 1.84. The molecule has 10 nitrogen and oxygen atoms in total. The Hall–Kier alpha value is -3.86. The molecule has 2 amide bonds. The quantitative estimate of drug-likeness (QED) is 0.285. The van der Waals surface area contributed by atoms with Gasteiger partial charge in [0.15, 0.2) is 11.0 Å². The molecule has 2 aromatic carbocycles. The molecule has 0 spiro atoms. The molecule has 164 valence electrons. The smallest absolute Gasteiger partial charge is 0.270 e. The second-order valence-corrected chi connectivity index (χ2v) is 8.07. The minimum Gasteiger partial charge on any atom is -0.326 e. The SMILES string of the molecule is CC(=O)c1cccc(NC(=O)CC2SC(=NN=C(C)c3cccc([N+](=O)[O-])c3)NC2=O)c1. The Balaban J connectivity index is 1.62. The molecule has 1 fully saturated rings. The third kappa shape index (κ3) is 5.85. The van der Waals surface area contributed by atoms with Gasteiger partial charge in [-0.05, 0) is 26.0 Å². The van der Waals surface area contributed by atoms with Gasteiger partial charge in [-0.1, -0.05) is 36.0 Å². The topological polar surface area (TPSA) is 143 Å². The zero-order valence-electron chi connectivity index (χ0n) is 17.2. The molecule has 2 N–H and O–H groups in total. The molecule has 1 unspecified atom stereocenters. The predicted octanol–water partition coefficient (Wildman–Crippen LogP) is 3.14. The highest BCUT2D eigenvalue weighted by Crippen LogP contribution is 2.23. The van der Waals surface area contributed by atoms with Crippen LogP contribution in [-0.4, -0.2) is 38.7 Å². The van der Waals surface area contributed by atoms with Gasteiger partial charge in [0.1, 0.15) is 5.25 Å². The van der Waals surface area contributed by atoms with E-state index in [0.717, 1.165) is 11.8 Å². The van der Waals surface area contributed by atoms with Gasteiger partial charge in [0.05, 0.1) is 10.6 Å². The molecule has 1 saturated heterocycles. The van der Waals surface area contributed by atoms with Crippen LogP contribution in [0.4, 0.5) is 11.4 Å². The van der Waals surface area contributed by atoms with Crippen molar-refractivity contribution in [3.05, 3.63) is 69.8 Å². The number of nitro benzene ring substituents is 1. The number of Topliss-reactive ketones (excluding diaryl/α,β-unsaturated/α-hetero) is 1. The van der Waals surface area contributed by atoms with Crippen LogP contribution in [-0.2, 0) is 9.59 Å². The highest BCUT2D eigenvalue weighted by atomic mass is 32.2. The van der Waals surface area contributed by atoms with E-state index in [-0.39, 0.29) is 34.9 Å². The summed E-state index contributed by atoms with van der Waals surface area (Å²) in [5.74, 6) is -0.867. The fourth-order valence-corrected chi connectivity index (χ4v) is 3.72. The lowest BCUT2D eigenvalue weighted by atomic mass is 10.1. The van der Waals surface area contributed by atoms with Crippen molar-refractivity contribution in [1.29, 1.82) is 0 Å². The van der Waals surface area contributed by atoms with E-state index in [4.69, 9.17) is 0 Å². The summed E-state index contributed by atoms with van der Waals surface area (Å²) in [6.45, 7) is 3.08. The van der Waals surface area contributed by atoms with Crippen LogP contribution in [0.15, 0.2) is 58.7 Å². The van der Waals surface area contributed by atoms with E-state index in [2.05, 4.69) is 20.8 Å². The number of ketones is 1. The first-order valence-electron chi connectivity index (χ1n) is 9.48. The summed E-state index contributed by atoms with van der Waals surface area (Å²) in [5, 5.41) is 23.7. The Morgan fingerprint density at radius 3 is 2.59 bits per heavy atom. The number of carbonyl (C=O) groups excluding carboxylic acids is 3. The number of benzene rings is 2. The Kier molecular flexibility index (Phi) is 7.11. The van der Waals surface area contributed by atoms with Crippen molar-refractivity contribution in [3.8, 4) is 0 Å². The van der Waals surface area contributed by atoms with Crippen molar-refractivity contribution < 1.29 is 19.3 Å². The molecular weight excluding hydrogens is 434 g/mol. The number of rotatable bonds is 7. The van der Waals surface area contributed by atoms with Gasteiger partial charge in [0.25, 0.3) is 5.69 Å². The van der Waals surface area contributed by atoms with Crippen molar-refractivity contribution in [1.82, 2.24) is 5.32 Å². The van der Waals surface area contributed by atoms with Crippen LogP contribution >= 0.6 is 11.8 Å². The zero-order chi connectivity index (χ0) is 23.3. The summed E-state index contributed by atoms with van der Waals surface area (Å²) in [4.78, 5) is 46.4. The number of nitrogens with zero attached hydrogens (tertiary/aromatic N) is 3. The van der Waals surface area contributed by atoms with Crippen molar-refractivity contribution in [2.45, 2.75) is 25.5 Å². The maximum atomic E-state index is 12.3. The van der Waals surface area contributed by atoms with Crippen LogP contribution in [0, 0.1) is 10.1 Å². The van der Waals surface area contributed by atoms with Crippen LogP contribution in [0.25, 0.3) is 0 Å². The second kappa shape index (κ2) is 9.96. The highest BCUT2D eigenvalue weighted by Gasteiger charge is 2.32. The van der Waals surface area contributed by atoms with E-state index >= 15 is 0 Å². The molecule has 1 aliphatic rings. The van der Waals surface area contributed by atoms with E-state index in [0.29, 0.717) is 22.5 Å². The maximum Gasteiger partial charge on any atom is 0.270 e. The third-order valence-corrected chi connectivity index (χ3v) is 5.54. The highest BCUT2D eigenvalue weighted by molar-refractivity contribution is 8.15. The molecule has 1 aliphatic heterocycles. The van der Waals surface area contributed by atoms with Crippen molar-refractivity contribution in [2.75, 3.05) is 5.32 Å². The standard InChI is InChI=1S/C21H19N5O5S/c1-12(14-5-4-8-17(10-14)26(30)31)24-25-21-23-20(29)18(32-21)11-19(28)22-16-7-3-6-15(9-16)13(2)27/h3-10,18H,11H2,1-2H3,(H,22,28)(H,23,25,29). The third-order valence-electron chi connectivity index (χ3n) is 4.47. The molecule has 0 saturated carbocycles. The Labute approximate surface area is 187 Å². The largest absolute Gasteiger partial charge is 0.326 e. The van der Waals surface area contributed by atoms with Crippen molar-refractivity contribution >= 4 is 51.6 Å². The minimum absolute atomic E-state index is 0.0619. The number of amides is 2. The average Bonchev–Trinajstić information content (AvgIpc) is 3.11. The fourth-order valence-electron chi connectivity index (χ4n) is 2.81. The number of carbonyl (C=O) groups is 3. The Morgan fingerprint density at radius 1 is 1.16 bits per heavy atom. The van der Waals surface area contributed by atoms with E-state index in [1.54, 1.807) is 43.3 Å². The minimum atomic E-state index is -0.682. The van der Waals surface area contributed by atoms with E-state index in [9.17, 15) is 24.5 Å². The number of non-ortho nitro benzene ring substituents is 1. The number of hydrogen-bond acceptors (Lipinski definition) is 8. The lowest BCUT2D eigenvalue weighted by molar-refractivity contribution is -0.384. The summed E-state index contributed by atoms with van der Waals surface area (Å²) in [6.07, 6.45) is -0.0899. The number of amidine groups is 1.